The van der Waals surface area contributed by atoms with Crippen LogP contribution >= 0.6 is 11.8 Å². The van der Waals surface area contributed by atoms with E-state index in [9.17, 15) is 0 Å². The topological polar surface area (TPSA) is 35.0 Å². The Labute approximate surface area is 112 Å². The minimum absolute atomic E-state index is 0.661. The van der Waals surface area contributed by atoms with Gasteiger partial charge in [0.05, 0.1) is 18.1 Å². The molecule has 3 nitrogen and oxygen atoms in total. The maximum Gasteiger partial charge on any atom is 0.235 e. The zero-order valence-corrected chi connectivity index (χ0v) is 11.9. The van der Waals surface area contributed by atoms with Crippen molar-refractivity contribution in [1.29, 1.82) is 0 Å². The molecule has 0 aliphatic rings. The van der Waals surface area contributed by atoms with Crippen molar-refractivity contribution in [3.8, 4) is 5.88 Å². The van der Waals surface area contributed by atoms with E-state index in [-0.39, 0.29) is 0 Å². The minimum atomic E-state index is 0.661. The number of benzene rings is 1. The van der Waals surface area contributed by atoms with Gasteiger partial charge in [-0.1, -0.05) is 13.3 Å². The standard InChI is InChI=1S/C14H18N2OS/c1-4-5-6-12-14(17-2)16-13-9-10(18-3)7-8-11(13)15-12/h7-9H,4-6H2,1-3H3. The highest BCUT2D eigenvalue weighted by Gasteiger charge is 2.09. The molecule has 1 heterocycles. The molecular formula is C14H18N2OS. The van der Waals surface area contributed by atoms with Gasteiger partial charge in [-0.05, 0) is 37.3 Å². The average Bonchev–Trinajstić information content (AvgIpc) is 2.43. The van der Waals surface area contributed by atoms with Gasteiger partial charge in [-0.15, -0.1) is 11.8 Å². The predicted molar refractivity (Wildman–Crippen MR) is 76.5 cm³/mol. The number of hydrogen-bond acceptors (Lipinski definition) is 4. The first-order valence-corrected chi connectivity index (χ1v) is 7.39. The van der Waals surface area contributed by atoms with Crippen molar-refractivity contribution >= 4 is 22.8 Å². The van der Waals surface area contributed by atoms with Gasteiger partial charge in [0.2, 0.25) is 5.88 Å². The zero-order chi connectivity index (χ0) is 13.0. The van der Waals surface area contributed by atoms with E-state index in [2.05, 4.69) is 35.3 Å². The first-order chi connectivity index (χ1) is 8.78. The Hall–Kier alpha value is -1.29. The molecule has 0 unspecified atom stereocenters. The van der Waals surface area contributed by atoms with Gasteiger partial charge in [-0.25, -0.2) is 9.97 Å². The van der Waals surface area contributed by atoms with Gasteiger partial charge in [0.15, 0.2) is 0 Å². The van der Waals surface area contributed by atoms with E-state index in [4.69, 9.17) is 4.74 Å². The van der Waals surface area contributed by atoms with Crippen LogP contribution in [0, 0.1) is 0 Å². The Kier molecular flexibility index (Phi) is 4.42. The third kappa shape index (κ3) is 2.75. The molecule has 0 aliphatic carbocycles. The smallest absolute Gasteiger partial charge is 0.235 e. The van der Waals surface area contributed by atoms with Gasteiger partial charge < -0.3 is 4.74 Å². The van der Waals surface area contributed by atoms with Crippen LogP contribution in [-0.2, 0) is 6.42 Å². The fourth-order valence-corrected chi connectivity index (χ4v) is 2.29. The van der Waals surface area contributed by atoms with E-state index in [1.807, 2.05) is 6.07 Å². The zero-order valence-electron chi connectivity index (χ0n) is 11.1. The lowest BCUT2D eigenvalue weighted by atomic mass is 10.2. The van der Waals surface area contributed by atoms with Gasteiger partial charge in [-0.2, -0.15) is 0 Å². The van der Waals surface area contributed by atoms with Gasteiger partial charge in [0.25, 0.3) is 0 Å². The summed E-state index contributed by atoms with van der Waals surface area (Å²) in [4.78, 5) is 10.4. The van der Waals surface area contributed by atoms with Gasteiger partial charge in [-0.3, -0.25) is 0 Å². The first-order valence-electron chi connectivity index (χ1n) is 6.17. The molecule has 0 spiro atoms. The number of nitrogens with zero attached hydrogens (tertiary/aromatic N) is 2. The predicted octanol–water partition coefficient (Wildman–Crippen LogP) is 3.70. The fraction of sp³-hybridized carbons (Fsp3) is 0.429. The molecule has 0 saturated carbocycles. The molecule has 96 valence electrons. The molecule has 18 heavy (non-hydrogen) atoms. The summed E-state index contributed by atoms with van der Waals surface area (Å²) in [5.41, 5.74) is 2.81. The Balaban J connectivity index is 2.46. The van der Waals surface area contributed by atoms with Gasteiger partial charge in [0, 0.05) is 4.90 Å². The van der Waals surface area contributed by atoms with E-state index >= 15 is 0 Å². The van der Waals surface area contributed by atoms with Crippen LogP contribution in [0.1, 0.15) is 25.5 Å². The maximum absolute atomic E-state index is 5.34. The second-order valence-electron chi connectivity index (χ2n) is 4.14. The van der Waals surface area contributed by atoms with Gasteiger partial charge in [0.1, 0.15) is 5.69 Å². The maximum atomic E-state index is 5.34. The summed E-state index contributed by atoms with van der Waals surface area (Å²) in [6.45, 7) is 2.17. The molecule has 0 fully saturated rings. The Bertz CT molecular complexity index is 543. The highest BCUT2D eigenvalue weighted by Crippen LogP contribution is 2.24. The van der Waals surface area contributed by atoms with Crippen LogP contribution in [-0.4, -0.2) is 23.3 Å². The molecule has 2 rings (SSSR count). The summed E-state index contributed by atoms with van der Waals surface area (Å²) in [5.74, 6) is 0.661. The summed E-state index contributed by atoms with van der Waals surface area (Å²) in [5, 5.41) is 0. The molecule has 0 saturated heterocycles. The third-order valence-electron chi connectivity index (χ3n) is 2.87. The van der Waals surface area contributed by atoms with Crippen LogP contribution in [0.2, 0.25) is 0 Å². The van der Waals surface area contributed by atoms with Gasteiger partial charge >= 0.3 is 0 Å². The quantitative estimate of drug-likeness (QED) is 0.770. The van der Waals surface area contributed by atoms with Crippen LogP contribution in [0.25, 0.3) is 11.0 Å². The summed E-state index contributed by atoms with van der Waals surface area (Å²) >= 11 is 1.71. The number of aromatic nitrogens is 2. The summed E-state index contributed by atoms with van der Waals surface area (Å²) in [7, 11) is 1.66. The molecule has 1 aromatic heterocycles. The summed E-state index contributed by atoms with van der Waals surface area (Å²) in [6, 6.07) is 6.17. The number of rotatable bonds is 5. The molecular weight excluding hydrogens is 244 g/mol. The van der Waals surface area contributed by atoms with E-state index in [0.717, 1.165) is 36.0 Å². The Morgan fingerprint density at radius 2 is 2.06 bits per heavy atom. The first kappa shape index (κ1) is 13.1. The molecule has 4 heteroatoms. The molecule has 2 aromatic rings. The van der Waals surface area contributed by atoms with Crippen LogP contribution in [0.15, 0.2) is 23.1 Å². The van der Waals surface area contributed by atoms with Crippen molar-refractivity contribution in [1.82, 2.24) is 9.97 Å². The highest BCUT2D eigenvalue weighted by molar-refractivity contribution is 7.98. The molecule has 0 amide bonds. The van der Waals surface area contributed by atoms with E-state index in [1.165, 1.54) is 4.90 Å². The lowest BCUT2D eigenvalue weighted by Gasteiger charge is -2.08. The van der Waals surface area contributed by atoms with E-state index in [1.54, 1.807) is 18.9 Å². The normalized spacial score (nSPS) is 10.8. The number of thioether (sulfide) groups is 1. The van der Waals surface area contributed by atoms with Crippen LogP contribution in [0.5, 0.6) is 5.88 Å². The largest absolute Gasteiger partial charge is 0.480 e. The van der Waals surface area contributed by atoms with Crippen molar-refractivity contribution in [3.63, 3.8) is 0 Å². The molecule has 0 N–H and O–H groups in total. The van der Waals surface area contributed by atoms with E-state index < -0.39 is 0 Å². The van der Waals surface area contributed by atoms with E-state index in [0.29, 0.717) is 5.88 Å². The molecule has 0 bridgehead atoms. The highest BCUT2D eigenvalue weighted by atomic mass is 32.2. The molecule has 0 atom stereocenters. The number of hydrogen-bond donors (Lipinski definition) is 0. The van der Waals surface area contributed by atoms with Crippen molar-refractivity contribution in [2.45, 2.75) is 31.1 Å². The van der Waals surface area contributed by atoms with Crippen molar-refractivity contribution in [3.05, 3.63) is 23.9 Å². The number of methoxy groups -OCH3 is 1. The third-order valence-corrected chi connectivity index (χ3v) is 3.59. The monoisotopic (exact) mass is 262 g/mol. The lowest BCUT2D eigenvalue weighted by molar-refractivity contribution is 0.390. The second-order valence-corrected chi connectivity index (χ2v) is 5.02. The summed E-state index contributed by atoms with van der Waals surface area (Å²) in [6.07, 6.45) is 5.24. The van der Waals surface area contributed by atoms with Crippen LogP contribution in [0.3, 0.4) is 0 Å². The van der Waals surface area contributed by atoms with Crippen LogP contribution in [0.4, 0.5) is 0 Å². The number of unbranched alkanes of at least 4 members (excludes halogenated alkanes) is 1. The fourth-order valence-electron chi connectivity index (χ4n) is 1.85. The SMILES string of the molecule is CCCCc1nc2ccc(SC)cc2nc1OC. The van der Waals surface area contributed by atoms with Crippen molar-refractivity contribution in [2.75, 3.05) is 13.4 Å². The van der Waals surface area contributed by atoms with Crippen molar-refractivity contribution < 1.29 is 4.74 Å². The lowest BCUT2D eigenvalue weighted by Crippen LogP contribution is -2.00. The molecule has 0 aliphatic heterocycles. The number of aryl methyl sites for hydroxylation is 1. The second kappa shape index (κ2) is 6.05. The van der Waals surface area contributed by atoms with Crippen molar-refractivity contribution in [2.24, 2.45) is 0 Å². The van der Waals surface area contributed by atoms with Crippen LogP contribution < -0.4 is 4.74 Å². The average molecular weight is 262 g/mol. The summed E-state index contributed by atoms with van der Waals surface area (Å²) < 4.78 is 5.34. The Morgan fingerprint density at radius 3 is 2.72 bits per heavy atom. The number of fused-ring (bicyclic) bond motifs is 1. The number of ether oxygens (including phenoxy) is 1. The molecule has 0 radical (unpaired) electrons. The minimum Gasteiger partial charge on any atom is -0.480 e. The Morgan fingerprint density at radius 1 is 1.22 bits per heavy atom. The molecule has 1 aromatic carbocycles.